The molecule has 0 unspecified atom stereocenters. The van der Waals surface area contributed by atoms with Crippen molar-refractivity contribution in [2.45, 2.75) is 39.0 Å². The normalized spacial score (nSPS) is 13.4. The molecule has 1 aromatic rings. The number of carbonyl (C=O) groups excluding carboxylic acids is 1. The van der Waals surface area contributed by atoms with Gasteiger partial charge in [0, 0.05) is 12.0 Å². The van der Waals surface area contributed by atoms with Gasteiger partial charge in [0.15, 0.2) is 0 Å². The Labute approximate surface area is 153 Å². The highest BCUT2D eigenvalue weighted by molar-refractivity contribution is 6.63. The first-order valence-corrected chi connectivity index (χ1v) is 8.22. The standard InChI is InChI=1S/C13H18ClNO2.C6H6N2/c1-13(2,3)9-6-8(4-5-11(14)16)7-10(15)12(9)17;7-5-3-1-2-4-6(5)8/h6-7,17H,4-5,15H2,1-3H3;1-4,7-8H. The van der Waals surface area contributed by atoms with Gasteiger partial charge in [-0.3, -0.25) is 15.6 Å². The zero-order valence-electron chi connectivity index (χ0n) is 14.7. The van der Waals surface area contributed by atoms with Crippen LogP contribution in [0.15, 0.2) is 36.4 Å². The van der Waals surface area contributed by atoms with E-state index in [2.05, 4.69) is 0 Å². The lowest BCUT2D eigenvalue weighted by Gasteiger charge is -2.22. The molecule has 0 saturated carbocycles. The molecule has 6 heteroatoms. The van der Waals surface area contributed by atoms with E-state index in [1.165, 1.54) is 0 Å². The largest absolute Gasteiger partial charge is 0.505 e. The molecule has 0 saturated heterocycles. The molecule has 0 bridgehead atoms. The SMILES string of the molecule is CC(C)(C)c1cc(CCC(=O)Cl)cc(N)c1O.N=C1C=CC=CC1=N. The molecule has 0 atom stereocenters. The summed E-state index contributed by atoms with van der Waals surface area (Å²) in [4.78, 5) is 10.7. The second kappa shape index (κ2) is 8.62. The van der Waals surface area contributed by atoms with Gasteiger partial charge in [0.05, 0.1) is 17.1 Å². The van der Waals surface area contributed by atoms with E-state index in [-0.39, 0.29) is 34.3 Å². The van der Waals surface area contributed by atoms with E-state index < -0.39 is 0 Å². The molecule has 25 heavy (non-hydrogen) atoms. The van der Waals surface area contributed by atoms with Gasteiger partial charge in [-0.25, -0.2) is 0 Å². The Morgan fingerprint density at radius 2 is 1.68 bits per heavy atom. The van der Waals surface area contributed by atoms with Gasteiger partial charge in [0.25, 0.3) is 0 Å². The first-order valence-electron chi connectivity index (χ1n) is 7.84. The molecule has 1 aliphatic carbocycles. The first kappa shape index (κ1) is 20.6. The number of hydrogen-bond donors (Lipinski definition) is 4. The van der Waals surface area contributed by atoms with Crippen LogP contribution in [0, 0.1) is 10.8 Å². The van der Waals surface area contributed by atoms with Crippen molar-refractivity contribution in [3.8, 4) is 5.75 Å². The number of aromatic hydroxyl groups is 1. The lowest BCUT2D eigenvalue weighted by Crippen LogP contribution is -2.13. The van der Waals surface area contributed by atoms with Crippen molar-refractivity contribution < 1.29 is 9.90 Å². The number of nitrogens with one attached hydrogen (secondary N) is 2. The molecule has 0 fully saturated rings. The summed E-state index contributed by atoms with van der Waals surface area (Å²) in [5.41, 5.74) is 8.18. The summed E-state index contributed by atoms with van der Waals surface area (Å²) < 4.78 is 0. The molecule has 0 aromatic heterocycles. The molecule has 1 aromatic carbocycles. The Bertz CT molecular complexity index is 722. The zero-order valence-corrected chi connectivity index (χ0v) is 15.4. The highest BCUT2D eigenvalue weighted by Crippen LogP contribution is 2.36. The maximum absolute atomic E-state index is 10.7. The average Bonchev–Trinajstić information content (AvgIpc) is 2.50. The van der Waals surface area contributed by atoms with Gasteiger partial charge in [0.1, 0.15) is 5.75 Å². The van der Waals surface area contributed by atoms with Crippen LogP contribution >= 0.6 is 11.6 Å². The maximum Gasteiger partial charge on any atom is 0.221 e. The minimum Gasteiger partial charge on any atom is -0.505 e. The van der Waals surface area contributed by atoms with Crippen LogP contribution in [0.5, 0.6) is 5.75 Å². The van der Waals surface area contributed by atoms with E-state index in [0.29, 0.717) is 12.1 Å². The van der Waals surface area contributed by atoms with E-state index in [1.807, 2.05) is 26.8 Å². The zero-order chi connectivity index (χ0) is 19.2. The van der Waals surface area contributed by atoms with Crippen LogP contribution < -0.4 is 5.73 Å². The first-order chi connectivity index (χ1) is 11.5. The molecule has 0 radical (unpaired) electrons. The highest BCUT2D eigenvalue weighted by atomic mass is 35.5. The van der Waals surface area contributed by atoms with E-state index in [0.717, 1.165) is 11.1 Å². The number of benzene rings is 1. The number of rotatable bonds is 3. The number of allylic oxidation sites excluding steroid dienone is 4. The Hall–Kier alpha value is -2.40. The van der Waals surface area contributed by atoms with E-state index in [4.69, 9.17) is 28.2 Å². The quantitative estimate of drug-likeness (QED) is 0.281. The summed E-state index contributed by atoms with van der Waals surface area (Å²) in [6.45, 7) is 5.99. The topological polar surface area (TPSA) is 111 Å². The molecule has 1 aliphatic rings. The fourth-order valence-corrected chi connectivity index (χ4v) is 2.26. The molecule has 2 rings (SSSR count). The summed E-state index contributed by atoms with van der Waals surface area (Å²) in [6, 6.07) is 3.57. The summed E-state index contributed by atoms with van der Waals surface area (Å²) in [5, 5.41) is 23.6. The lowest BCUT2D eigenvalue weighted by molar-refractivity contribution is -0.111. The monoisotopic (exact) mass is 361 g/mol. The van der Waals surface area contributed by atoms with Crippen molar-refractivity contribution in [2.24, 2.45) is 0 Å². The molecular formula is C19H24ClN3O2. The minimum absolute atomic E-state index is 0.124. The smallest absolute Gasteiger partial charge is 0.221 e. The molecule has 134 valence electrons. The van der Waals surface area contributed by atoms with Crippen LogP contribution in [-0.2, 0) is 16.6 Å². The van der Waals surface area contributed by atoms with Crippen LogP contribution in [0.3, 0.4) is 0 Å². The van der Waals surface area contributed by atoms with E-state index in [9.17, 15) is 9.90 Å². The Morgan fingerprint density at radius 1 is 1.16 bits per heavy atom. The Balaban J connectivity index is 0.000000324. The van der Waals surface area contributed by atoms with Gasteiger partial charge in [-0.15, -0.1) is 0 Å². The van der Waals surface area contributed by atoms with E-state index >= 15 is 0 Å². The van der Waals surface area contributed by atoms with Gasteiger partial charge in [-0.2, -0.15) is 0 Å². The second-order valence-electron chi connectivity index (χ2n) is 6.73. The minimum atomic E-state index is -0.367. The summed E-state index contributed by atoms with van der Waals surface area (Å²) >= 11 is 5.31. The lowest BCUT2D eigenvalue weighted by atomic mass is 9.84. The van der Waals surface area contributed by atoms with Crippen LogP contribution in [0.25, 0.3) is 0 Å². The molecule has 0 amide bonds. The number of nitrogens with two attached hydrogens (primary N) is 1. The predicted molar refractivity (Wildman–Crippen MR) is 104 cm³/mol. The molecule has 5 nitrogen and oxygen atoms in total. The fourth-order valence-electron chi connectivity index (χ4n) is 2.16. The van der Waals surface area contributed by atoms with Gasteiger partial charge < -0.3 is 10.8 Å². The molecule has 0 heterocycles. The molecule has 5 N–H and O–H groups in total. The van der Waals surface area contributed by atoms with Crippen LogP contribution in [0.2, 0.25) is 0 Å². The third kappa shape index (κ3) is 6.55. The molecule has 0 spiro atoms. The number of phenols is 1. The number of phenolic OH excluding ortho intramolecular Hbond substituents is 1. The summed E-state index contributed by atoms with van der Waals surface area (Å²) in [6.07, 6.45) is 7.51. The second-order valence-corrected chi connectivity index (χ2v) is 7.15. The highest BCUT2D eigenvalue weighted by Gasteiger charge is 2.20. The predicted octanol–water partition coefficient (Wildman–Crippen LogP) is 4.12. The average molecular weight is 362 g/mol. The number of carbonyl (C=O) groups is 1. The van der Waals surface area contributed by atoms with Crippen molar-refractivity contribution in [2.75, 3.05) is 5.73 Å². The van der Waals surface area contributed by atoms with Crippen LogP contribution in [0.1, 0.15) is 38.3 Å². The number of hydrogen-bond acceptors (Lipinski definition) is 5. The van der Waals surface area contributed by atoms with Crippen molar-refractivity contribution in [1.29, 1.82) is 10.8 Å². The third-order valence-corrected chi connectivity index (χ3v) is 3.73. The number of halogens is 1. The van der Waals surface area contributed by atoms with Crippen molar-refractivity contribution in [3.63, 3.8) is 0 Å². The maximum atomic E-state index is 10.7. The summed E-state index contributed by atoms with van der Waals surface area (Å²) in [5.74, 6) is 0.124. The van der Waals surface area contributed by atoms with Crippen molar-refractivity contribution in [1.82, 2.24) is 0 Å². The fraction of sp³-hybridized carbons (Fsp3) is 0.316. The van der Waals surface area contributed by atoms with Gasteiger partial charge in [-0.1, -0.05) is 39.0 Å². The number of nitrogen functional groups attached to an aromatic ring is 1. The van der Waals surface area contributed by atoms with Crippen LogP contribution in [0.4, 0.5) is 5.69 Å². The summed E-state index contributed by atoms with van der Waals surface area (Å²) in [7, 11) is 0. The van der Waals surface area contributed by atoms with Crippen molar-refractivity contribution >= 4 is 34.0 Å². The Kier molecular flexibility index (Phi) is 7.12. The number of aryl methyl sites for hydroxylation is 1. The van der Waals surface area contributed by atoms with Crippen molar-refractivity contribution in [3.05, 3.63) is 47.6 Å². The third-order valence-electron chi connectivity index (χ3n) is 3.54. The van der Waals surface area contributed by atoms with Gasteiger partial charge in [-0.05, 0) is 47.2 Å². The van der Waals surface area contributed by atoms with Gasteiger partial charge in [0.2, 0.25) is 5.24 Å². The molecular weight excluding hydrogens is 338 g/mol. The molecule has 0 aliphatic heterocycles. The van der Waals surface area contributed by atoms with E-state index in [1.54, 1.807) is 30.4 Å². The van der Waals surface area contributed by atoms with Crippen LogP contribution in [-0.4, -0.2) is 21.8 Å². The Morgan fingerprint density at radius 3 is 2.08 bits per heavy atom. The van der Waals surface area contributed by atoms with Gasteiger partial charge >= 0.3 is 0 Å². The number of anilines is 1.